The SMILES string of the molecule is CCn1c(-c2ccc(C)s2)nc2cc(C#N)ccc21. The molecule has 3 nitrogen and oxygen atoms in total. The molecule has 3 rings (SSSR count). The Hall–Kier alpha value is -2.12. The lowest BCUT2D eigenvalue weighted by atomic mass is 10.2. The van der Waals surface area contributed by atoms with Crippen LogP contribution in [0.1, 0.15) is 17.4 Å². The van der Waals surface area contributed by atoms with Crippen molar-refractivity contribution in [2.24, 2.45) is 0 Å². The Labute approximate surface area is 115 Å². The van der Waals surface area contributed by atoms with Gasteiger partial charge in [0, 0.05) is 11.4 Å². The maximum Gasteiger partial charge on any atom is 0.151 e. The zero-order valence-electron chi connectivity index (χ0n) is 10.8. The van der Waals surface area contributed by atoms with Crippen molar-refractivity contribution in [2.45, 2.75) is 20.4 Å². The third-order valence-electron chi connectivity index (χ3n) is 3.15. The van der Waals surface area contributed by atoms with Crippen molar-refractivity contribution in [1.82, 2.24) is 9.55 Å². The van der Waals surface area contributed by atoms with E-state index in [1.54, 1.807) is 11.3 Å². The van der Waals surface area contributed by atoms with E-state index in [-0.39, 0.29) is 0 Å². The number of rotatable bonds is 2. The highest BCUT2D eigenvalue weighted by Crippen LogP contribution is 2.30. The number of fused-ring (bicyclic) bond motifs is 1. The van der Waals surface area contributed by atoms with Crippen LogP contribution >= 0.6 is 11.3 Å². The third-order valence-corrected chi connectivity index (χ3v) is 4.15. The van der Waals surface area contributed by atoms with Gasteiger partial charge < -0.3 is 4.57 Å². The minimum absolute atomic E-state index is 0.655. The van der Waals surface area contributed by atoms with Crippen molar-refractivity contribution < 1.29 is 0 Å². The fourth-order valence-electron chi connectivity index (χ4n) is 2.26. The summed E-state index contributed by atoms with van der Waals surface area (Å²) in [5, 5.41) is 8.97. The molecule has 2 heterocycles. The molecule has 0 aliphatic heterocycles. The highest BCUT2D eigenvalue weighted by molar-refractivity contribution is 7.15. The smallest absolute Gasteiger partial charge is 0.151 e. The highest BCUT2D eigenvalue weighted by Gasteiger charge is 2.13. The van der Waals surface area contributed by atoms with E-state index in [0.29, 0.717) is 5.56 Å². The molecule has 0 amide bonds. The summed E-state index contributed by atoms with van der Waals surface area (Å²) >= 11 is 1.75. The van der Waals surface area contributed by atoms with E-state index in [4.69, 9.17) is 10.2 Å². The fourth-order valence-corrected chi connectivity index (χ4v) is 3.13. The minimum atomic E-state index is 0.655. The monoisotopic (exact) mass is 267 g/mol. The van der Waals surface area contributed by atoms with Gasteiger partial charge in [-0.2, -0.15) is 5.26 Å². The second-order valence-corrected chi connectivity index (χ2v) is 5.69. The molecule has 3 aromatic rings. The Morgan fingerprint density at radius 2 is 2.16 bits per heavy atom. The zero-order valence-corrected chi connectivity index (χ0v) is 11.7. The minimum Gasteiger partial charge on any atom is -0.324 e. The number of thiophene rings is 1. The number of benzene rings is 1. The maximum atomic E-state index is 8.97. The third kappa shape index (κ3) is 1.92. The summed E-state index contributed by atoms with van der Waals surface area (Å²) in [6, 6.07) is 12.1. The van der Waals surface area contributed by atoms with Crippen LogP contribution in [0.25, 0.3) is 21.7 Å². The van der Waals surface area contributed by atoms with E-state index in [1.165, 1.54) is 9.75 Å². The van der Waals surface area contributed by atoms with E-state index < -0.39 is 0 Å². The van der Waals surface area contributed by atoms with E-state index >= 15 is 0 Å². The van der Waals surface area contributed by atoms with Crippen molar-refractivity contribution in [3.05, 3.63) is 40.8 Å². The molecule has 1 aromatic carbocycles. The molecule has 0 unspecified atom stereocenters. The van der Waals surface area contributed by atoms with Crippen LogP contribution in [-0.4, -0.2) is 9.55 Å². The molecule has 0 aliphatic rings. The molecule has 0 atom stereocenters. The summed E-state index contributed by atoms with van der Waals surface area (Å²) in [4.78, 5) is 7.15. The van der Waals surface area contributed by atoms with Gasteiger partial charge in [0.15, 0.2) is 5.82 Å². The summed E-state index contributed by atoms with van der Waals surface area (Å²) in [5.41, 5.74) is 2.63. The standard InChI is InChI=1S/C15H13N3S/c1-3-18-13-6-5-11(9-16)8-12(13)17-15(18)14-7-4-10(2)19-14/h4-8H,3H2,1-2H3. The Bertz CT molecular complexity index is 789. The summed E-state index contributed by atoms with van der Waals surface area (Å²) in [6.07, 6.45) is 0. The van der Waals surface area contributed by atoms with Crippen molar-refractivity contribution in [2.75, 3.05) is 0 Å². The van der Waals surface area contributed by atoms with Crippen molar-refractivity contribution in [1.29, 1.82) is 5.26 Å². The first-order chi connectivity index (χ1) is 9.22. The Kier molecular flexibility index (Phi) is 2.84. The normalized spacial score (nSPS) is 10.8. The zero-order chi connectivity index (χ0) is 13.4. The summed E-state index contributed by atoms with van der Waals surface area (Å²) in [6.45, 7) is 5.08. The van der Waals surface area contributed by atoms with Crippen LogP contribution in [0.5, 0.6) is 0 Å². The van der Waals surface area contributed by atoms with Crippen LogP contribution in [0.4, 0.5) is 0 Å². The number of hydrogen-bond donors (Lipinski definition) is 0. The molecular formula is C15H13N3S. The lowest BCUT2D eigenvalue weighted by Gasteiger charge is -2.03. The molecule has 0 spiro atoms. The Morgan fingerprint density at radius 1 is 1.32 bits per heavy atom. The molecule has 0 saturated carbocycles. The van der Waals surface area contributed by atoms with Gasteiger partial charge in [0.2, 0.25) is 0 Å². The number of imidazole rings is 1. The van der Waals surface area contributed by atoms with Gasteiger partial charge in [-0.1, -0.05) is 0 Å². The number of hydrogen-bond acceptors (Lipinski definition) is 3. The lowest BCUT2D eigenvalue weighted by molar-refractivity contribution is 0.798. The number of aryl methyl sites for hydroxylation is 2. The molecule has 4 heteroatoms. The first-order valence-corrected chi connectivity index (χ1v) is 7.01. The lowest BCUT2D eigenvalue weighted by Crippen LogP contribution is -1.95. The van der Waals surface area contributed by atoms with Crippen molar-refractivity contribution in [3.8, 4) is 16.8 Å². The van der Waals surface area contributed by atoms with Crippen molar-refractivity contribution in [3.63, 3.8) is 0 Å². The molecule has 19 heavy (non-hydrogen) atoms. The van der Waals surface area contributed by atoms with E-state index in [1.807, 2.05) is 18.2 Å². The van der Waals surface area contributed by atoms with Gasteiger partial charge in [-0.05, 0) is 44.2 Å². The molecule has 0 radical (unpaired) electrons. The van der Waals surface area contributed by atoms with Gasteiger partial charge in [0.1, 0.15) is 0 Å². The van der Waals surface area contributed by atoms with Crippen LogP contribution in [0.2, 0.25) is 0 Å². The average Bonchev–Trinajstić information content (AvgIpc) is 3.00. The van der Waals surface area contributed by atoms with Gasteiger partial charge in [0.05, 0.1) is 27.5 Å². The molecule has 0 N–H and O–H groups in total. The molecule has 2 aromatic heterocycles. The van der Waals surface area contributed by atoms with Crippen molar-refractivity contribution >= 4 is 22.4 Å². The molecular weight excluding hydrogens is 254 g/mol. The van der Waals surface area contributed by atoms with E-state index in [9.17, 15) is 0 Å². The highest BCUT2D eigenvalue weighted by atomic mass is 32.1. The average molecular weight is 267 g/mol. The van der Waals surface area contributed by atoms with Gasteiger partial charge in [-0.3, -0.25) is 0 Å². The predicted octanol–water partition coefficient (Wildman–Crippen LogP) is 3.96. The Balaban J connectivity index is 2.27. The van der Waals surface area contributed by atoms with Crippen LogP contribution in [0, 0.1) is 18.3 Å². The van der Waals surface area contributed by atoms with Crippen LogP contribution in [0.3, 0.4) is 0 Å². The first kappa shape index (κ1) is 11.9. The molecule has 0 fully saturated rings. The molecule has 94 valence electrons. The second kappa shape index (κ2) is 4.52. The predicted molar refractivity (Wildman–Crippen MR) is 78.2 cm³/mol. The van der Waals surface area contributed by atoms with Crippen LogP contribution in [-0.2, 0) is 6.54 Å². The Morgan fingerprint density at radius 3 is 2.79 bits per heavy atom. The van der Waals surface area contributed by atoms with Gasteiger partial charge in [-0.25, -0.2) is 4.98 Å². The maximum absolute atomic E-state index is 8.97. The molecule has 0 bridgehead atoms. The first-order valence-electron chi connectivity index (χ1n) is 6.20. The topological polar surface area (TPSA) is 41.6 Å². The number of nitrogens with zero attached hydrogens (tertiary/aromatic N) is 3. The summed E-state index contributed by atoms with van der Waals surface area (Å²) in [5.74, 6) is 0.991. The summed E-state index contributed by atoms with van der Waals surface area (Å²) < 4.78 is 2.20. The molecule has 0 aliphatic carbocycles. The van der Waals surface area contributed by atoms with Gasteiger partial charge in [-0.15, -0.1) is 11.3 Å². The van der Waals surface area contributed by atoms with Crippen LogP contribution < -0.4 is 0 Å². The quantitative estimate of drug-likeness (QED) is 0.705. The largest absolute Gasteiger partial charge is 0.324 e. The summed E-state index contributed by atoms with van der Waals surface area (Å²) in [7, 11) is 0. The van der Waals surface area contributed by atoms with E-state index in [2.05, 4.69) is 36.6 Å². The van der Waals surface area contributed by atoms with Gasteiger partial charge in [0.25, 0.3) is 0 Å². The van der Waals surface area contributed by atoms with Crippen LogP contribution in [0.15, 0.2) is 30.3 Å². The molecule has 0 saturated heterocycles. The van der Waals surface area contributed by atoms with Gasteiger partial charge >= 0.3 is 0 Å². The second-order valence-electron chi connectivity index (χ2n) is 4.41. The van der Waals surface area contributed by atoms with E-state index in [0.717, 1.165) is 23.4 Å². The fraction of sp³-hybridized carbons (Fsp3) is 0.200. The number of nitriles is 1. The number of aromatic nitrogens is 2.